The predicted octanol–water partition coefficient (Wildman–Crippen LogP) is 2.96. The summed E-state index contributed by atoms with van der Waals surface area (Å²) in [5, 5.41) is 11.0. The van der Waals surface area contributed by atoms with Gasteiger partial charge in [0, 0.05) is 5.56 Å². The van der Waals surface area contributed by atoms with Crippen LogP contribution in [0.1, 0.15) is 17.8 Å². The number of thioether (sulfide) groups is 1. The van der Waals surface area contributed by atoms with Crippen molar-refractivity contribution in [3.63, 3.8) is 0 Å². The second kappa shape index (κ2) is 5.87. The molecule has 0 unspecified atom stereocenters. The Morgan fingerprint density at radius 3 is 2.68 bits per heavy atom. The Labute approximate surface area is 111 Å². The Bertz CT molecular complexity index is 597. The lowest BCUT2D eigenvalue weighted by Crippen LogP contribution is -2.01. The molecule has 0 N–H and O–H groups in total. The highest BCUT2D eigenvalue weighted by Crippen LogP contribution is 2.21. The summed E-state index contributed by atoms with van der Waals surface area (Å²) >= 11 is 1.12. The van der Waals surface area contributed by atoms with Crippen molar-refractivity contribution in [3.05, 3.63) is 41.5 Å². The van der Waals surface area contributed by atoms with Gasteiger partial charge in [-0.05, 0) is 12.3 Å². The molecular weight excluding hydrogens is 277 g/mol. The minimum atomic E-state index is -2.80. The maximum absolute atomic E-state index is 13.4. The Kier molecular flexibility index (Phi) is 4.20. The van der Waals surface area contributed by atoms with Crippen LogP contribution in [0.15, 0.2) is 34.5 Å². The third kappa shape index (κ3) is 2.95. The molecule has 2 rings (SSSR count). The highest BCUT2D eigenvalue weighted by atomic mass is 32.2. The lowest BCUT2D eigenvalue weighted by molar-refractivity contribution is 0.135. The highest BCUT2D eigenvalue weighted by molar-refractivity contribution is 7.98. The second-order valence-electron chi connectivity index (χ2n) is 3.42. The van der Waals surface area contributed by atoms with Crippen LogP contribution in [0.3, 0.4) is 0 Å². The van der Waals surface area contributed by atoms with Crippen molar-refractivity contribution in [2.24, 2.45) is 5.10 Å². The molecule has 0 radical (unpaired) electrons. The van der Waals surface area contributed by atoms with Crippen molar-refractivity contribution in [1.29, 1.82) is 0 Å². The zero-order chi connectivity index (χ0) is 13.8. The molecule has 0 fully saturated rings. The van der Waals surface area contributed by atoms with Gasteiger partial charge in [0.05, 0.1) is 6.21 Å². The van der Waals surface area contributed by atoms with Crippen molar-refractivity contribution in [2.45, 2.75) is 11.6 Å². The van der Waals surface area contributed by atoms with E-state index < -0.39 is 18.1 Å². The molecule has 0 amide bonds. The van der Waals surface area contributed by atoms with E-state index in [9.17, 15) is 13.2 Å². The molecule has 19 heavy (non-hydrogen) atoms. The predicted molar refractivity (Wildman–Crippen MR) is 66.2 cm³/mol. The van der Waals surface area contributed by atoms with Gasteiger partial charge in [0.25, 0.3) is 6.43 Å². The van der Waals surface area contributed by atoms with Crippen LogP contribution in [-0.2, 0) is 0 Å². The van der Waals surface area contributed by atoms with E-state index in [1.807, 2.05) is 0 Å². The number of benzene rings is 1. The number of aromatic nitrogens is 3. The van der Waals surface area contributed by atoms with Crippen molar-refractivity contribution in [2.75, 3.05) is 6.26 Å². The molecule has 0 aliphatic rings. The van der Waals surface area contributed by atoms with Gasteiger partial charge >= 0.3 is 0 Å². The topological polar surface area (TPSA) is 43.1 Å². The summed E-state index contributed by atoms with van der Waals surface area (Å²) in [5.41, 5.74) is 0.198. The first kappa shape index (κ1) is 13.6. The summed E-state index contributed by atoms with van der Waals surface area (Å²) < 4.78 is 39.7. The maximum atomic E-state index is 13.4. The van der Waals surface area contributed by atoms with Gasteiger partial charge in [-0.2, -0.15) is 9.78 Å². The first-order valence-electron chi connectivity index (χ1n) is 5.20. The van der Waals surface area contributed by atoms with E-state index in [0.717, 1.165) is 22.7 Å². The molecule has 0 aliphatic heterocycles. The zero-order valence-electron chi connectivity index (χ0n) is 9.80. The zero-order valence-corrected chi connectivity index (χ0v) is 10.6. The van der Waals surface area contributed by atoms with Crippen LogP contribution >= 0.6 is 11.8 Å². The number of alkyl halides is 2. The number of hydrogen-bond acceptors (Lipinski definition) is 4. The van der Waals surface area contributed by atoms with E-state index in [1.165, 1.54) is 18.2 Å². The molecule has 0 saturated heterocycles. The van der Waals surface area contributed by atoms with Gasteiger partial charge in [0.15, 0.2) is 0 Å². The fourth-order valence-corrected chi connectivity index (χ4v) is 1.78. The smallest absolute Gasteiger partial charge is 0.206 e. The van der Waals surface area contributed by atoms with Gasteiger partial charge in [-0.3, -0.25) is 0 Å². The summed E-state index contributed by atoms with van der Waals surface area (Å²) in [7, 11) is 0. The molecule has 0 bridgehead atoms. The van der Waals surface area contributed by atoms with Crippen LogP contribution in [0.25, 0.3) is 0 Å². The lowest BCUT2D eigenvalue weighted by Gasteiger charge is -2.01. The molecule has 4 nitrogen and oxygen atoms in total. The van der Waals surface area contributed by atoms with Gasteiger partial charge < -0.3 is 0 Å². The number of nitrogens with zero attached hydrogens (tertiary/aromatic N) is 4. The molecule has 0 aliphatic carbocycles. The normalized spacial score (nSPS) is 11.6. The van der Waals surface area contributed by atoms with Crippen LogP contribution in [0.5, 0.6) is 0 Å². The Morgan fingerprint density at radius 1 is 1.32 bits per heavy atom. The Hall–Kier alpha value is -1.83. The van der Waals surface area contributed by atoms with Gasteiger partial charge in [-0.15, -0.1) is 10.2 Å². The average Bonchev–Trinajstić information content (AvgIpc) is 2.81. The average molecular weight is 286 g/mol. The van der Waals surface area contributed by atoms with Crippen molar-refractivity contribution >= 4 is 18.0 Å². The minimum Gasteiger partial charge on any atom is -0.206 e. The summed E-state index contributed by atoms with van der Waals surface area (Å²) in [6, 6.07) is 5.91. The highest BCUT2D eigenvalue weighted by Gasteiger charge is 2.19. The molecule has 100 valence electrons. The molecule has 1 heterocycles. The van der Waals surface area contributed by atoms with Crippen LogP contribution in [0.2, 0.25) is 0 Å². The second-order valence-corrected chi connectivity index (χ2v) is 4.20. The number of rotatable bonds is 4. The van der Waals surface area contributed by atoms with Gasteiger partial charge in [0.2, 0.25) is 11.0 Å². The standard InChI is InChI=1S/C11H9F3N4S/c1-19-11-17-16-10(9(13)14)18(11)15-6-7-4-2-3-5-8(7)12/h2-6,9H,1H3/b15-6-. The number of halogens is 3. The molecule has 0 spiro atoms. The van der Waals surface area contributed by atoms with E-state index in [1.54, 1.807) is 12.3 Å². The quantitative estimate of drug-likeness (QED) is 0.641. The summed E-state index contributed by atoms with van der Waals surface area (Å²) in [5.74, 6) is -1.06. The Balaban J connectivity index is 2.37. The first-order chi connectivity index (χ1) is 9.13. The molecule has 0 atom stereocenters. The largest absolute Gasteiger partial charge is 0.299 e. The van der Waals surface area contributed by atoms with Crippen LogP contribution in [0.4, 0.5) is 13.2 Å². The summed E-state index contributed by atoms with van der Waals surface area (Å²) in [4.78, 5) is 0. The fourth-order valence-electron chi connectivity index (χ4n) is 1.35. The van der Waals surface area contributed by atoms with Crippen LogP contribution in [-0.4, -0.2) is 27.3 Å². The fraction of sp³-hybridized carbons (Fsp3) is 0.182. The molecule has 8 heteroatoms. The lowest BCUT2D eigenvalue weighted by atomic mass is 10.2. The van der Waals surface area contributed by atoms with Gasteiger partial charge in [-0.1, -0.05) is 30.0 Å². The van der Waals surface area contributed by atoms with Gasteiger partial charge in [0.1, 0.15) is 5.82 Å². The van der Waals surface area contributed by atoms with E-state index in [4.69, 9.17) is 0 Å². The monoisotopic (exact) mass is 286 g/mol. The van der Waals surface area contributed by atoms with Crippen LogP contribution < -0.4 is 0 Å². The molecule has 0 saturated carbocycles. The van der Waals surface area contributed by atoms with E-state index >= 15 is 0 Å². The Morgan fingerprint density at radius 2 is 2.05 bits per heavy atom. The number of hydrogen-bond donors (Lipinski definition) is 0. The van der Waals surface area contributed by atoms with E-state index in [2.05, 4.69) is 15.3 Å². The van der Waals surface area contributed by atoms with Crippen molar-refractivity contribution < 1.29 is 13.2 Å². The minimum absolute atomic E-state index is 0.198. The molecular formula is C11H9F3N4S. The van der Waals surface area contributed by atoms with E-state index in [-0.39, 0.29) is 10.7 Å². The third-order valence-corrected chi connectivity index (χ3v) is 2.85. The van der Waals surface area contributed by atoms with E-state index in [0.29, 0.717) is 0 Å². The van der Waals surface area contributed by atoms with Crippen molar-refractivity contribution in [3.8, 4) is 0 Å². The molecule has 2 aromatic rings. The SMILES string of the molecule is CSc1nnc(C(F)F)n1/N=C\c1ccccc1F. The van der Waals surface area contributed by atoms with Crippen molar-refractivity contribution in [1.82, 2.24) is 14.9 Å². The first-order valence-corrected chi connectivity index (χ1v) is 6.42. The summed E-state index contributed by atoms with van der Waals surface area (Å²) in [6.07, 6.45) is 0.0183. The molecule has 1 aromatic heterocycles. The molecule has 1 aromatic carbocycles. The van der Waals surface area contributed by atoms with Gasteiger partial charge in [-0.25, -0.2) is 13.2 Å². The maximum Gasteiger partial charge on any atom is 0.299 e. The third-order valence-electron chi connectivity index (χ3n) is 2.23. The van der Waals surface area contributed by atoms with Crippen LogP contribution in [0, 0.1) is 5.82 Å². The summed E-state index contributed by atoms with van der Waals surface area (Å²) in [6.45, 7) is 0.